The number of hydrogen-bond acceptors (Lipinski definition) is 5. The van der Waals surface area contributed by atoms with Crippen LogP contribution in [0.4, 0.5) is 0 Å². The number of hydrogen-bond donors (Lipinski definition) is 1. The van der Waals surface area contributed by atoms with Crippen molar-refractivity contribution >= 4 is 0 Å². The largest absolute Gasteiger partial charge is 0.323 e. The Kier molecular flexibility index (Phi) is 3.08. The molecule has 2 rings (SSSR count). The smallest absolute Gasteiger partial charge is 0.112 e. The van der Waals surface area contributed by atoms with Gasteiger partial charge >= 0.3 is 0 Å². The van der Waals surface area contributed by atoms with Crippen molar-refractivity contribution in [1.29, 1.82) is 5.26 Å². The summed E-state index contributed by atoms with van der Waals surface area (Å²) < 4.78 is 0. The molecule has 5 nitrogen and oxygen atoms in total. The molecule has 0 aliphatic heterocycles. The fourth-order valence-electron chi connectivity index (χ4n) is 1.48. The maximum absolute atomic E-state index is 8.70. The Balaban J connectivity index is 2.49. The van der Waals surface area contributed by atoms with E-state index in [-0.39, 0.29) is 6.04 Å². The minimum absolute atomic E-state index is 0.212. The Morgan fingerprint density at radius 3 is 2.59 bits per heavy atom. The van der Waals surface area contributed by atoms with E-state index in [1.807, 2.05) is 13.0 Å². The number of rotatable bonds is 2. The zero-order chi connectivity index (χ0) is 12.3. The highest BCUT2D eigenvalue weighted by Crippen LogP contribution is 2.21. The van der Waals surface area contributed by atoms with Crippen molar-refractivity contribution < 1.29 is 0 Å². The zero-order valence-electron chi connectivity index (χ0n) is 9.33. The first kappa shape index (κ1) is 11.2. The molecule has 84 valence electrons. The van der Waals surface area contributed by atoms with E-state index in [1.54, 1.807) is 24.5 Å². The molecule has 5 heteroatoms. The lowest BCUT2D eigenvalue weighted by molar-refractivity contribution is 0.775. The standard InChI is InChI=1S/C12H11N5/c1-8(14)11-12(16-5-4-15-11)10-3-2-9(6-13)7-17-10/h2-5,7-8H,14H2,1H3. The van der Waals surface area contributed by atoms with Gasteiger partial charge in [0.2, 0.25) is 0 Å². The van der Waals surface area contributed by atoms with Crippen LogP contribution in [0.15, 0.2) is 30.7 Å². The molecule has 1 unspecified atom stereocenters. The third-order valence-corrected chi connectivity index (χ3v) is 2.29. The van der Waals surface area contributed by atoms with Gasteiger partial charge in [-0.1, -0.05) is 0 Å². The van der Waals surface area contributed by atoms with Crippen LogP contribution in [0.5, 0.6) is 0 Å². The molecule has 0 aliphatic carbocycles. The Morgan fingerprint density at radius 2 is 2.00 bits per heavy atom. The van der Waals surface area contributed by atoms with E-state index in [1.165, 1.54) is 6.20 Å². The van der Waals surface area contributed by atoms with Crippen molar-refractivity contribution in [3.63, 3.8) is 0 Å². The van der Waals surface area contributed by atoms with Gasteiger partial charge in [-0.05, 0) is 19.1 Å². The fraction of sp³-hybridized carbons (Fsp3) is 0.167. The Bertz CT molecular complexity index is 554. The zero-order valence-corrected chi connectivity index (χ0v) is 9.33. The molecule has 0 spiro atoms. The molecule has 0 fully saturated rings. The van der Waals surface area contributed by atoms with Gasteiger partial charge in [0, 0.05) is 24.6 Å². The lowest BCUT2D eigenvalue weighted by Crippen LogP contribution is -2.10. The van der Waals surface area contributed by atoms with Crippen LogP contribution < -0.4 is 5.73 Å². The van der Waals surface area contributed by atoms with Crippen molar-refractivity contribution in [1.82, 2.24) is 15.0 Å². The maximum Gasteiger partial charge on any atom is 0.112 e. The summed E-state index contributed by atoms with van der Waals surface area (Å²) in [6.07, 6.45) is 4.71. The minimum Gasteiger partial charge on any atom is -0.323 e. The lowest BCUT2D eigenvalue weighted by Gasteiger charge is -2.09. The second-order valence-corrected chi connectivity index (χ2v) is 3.62. The van der Waals surface area contributed by atoms with E-state index in [2.05, 4.69) is 15.0 Å². The van der Waals surface area contributed by atoms with Gasteiger partial charge < -0.3 is 5.73 Å². The summed E-state index contributed by atoms with van der Waals surface area (Å²) in [4.78, 5) is 12.6. The highest BCUT2D eigenvalue weighted by molar-refractivity contribution is 5.57. The van der Waals surface area contributed by atoms with Crippen molar-refractivity contribution in [3.8, 4) is 17.5 Å². The first-order chi connectivity index (χ1) is 8.22. The number of nitriles is 1. The van der Waals surface area contributed by atoms with E-state index in [0.29, 0.717) is 22.6 Å². The van der Waals surface area contributed by atoms with E-state index in [4.69, 9.17) is 11.0 Å². The SMILES string of the molecule is CC(N)c1nccnc1-c1ccc(C#N)cn1. The van der Waals surface area contributed by atoms with Crippen LogP contribution in [-0.4, -0.2) is 15.0 Å². The van der Waals surface area contributed by atoms with Crippen molar-refractivity contribution in [3.05, 3.63) is 42.0 Å². The van der Waals surface area contributed by atoms with Crippen molar-refractivity contribution in [2.75, 3.05) is 0 Å². The summed E-state index contributed by atoms with van der Waals surface area (Å²) in [7, 11) is 0. The van der Waals surface area contributed by atoms with Crippen LogP contribution in [0.2, 0.25) is 0 Å². The second-order valence-electron chi connectivity index (χ2n) is 3.62. The van der Waals surface area contributed by atoms with Crippen LogP contribution in [0.3, 0.4) is 0 Å². The number of nitrogens with two attached hydrogens (primary N) is 1. The molecule has 2 heterocycles. The molecule has 0 amide bonds. The van der Waals surface area contributed by atoms with Crippen molar-refractivity contribution in [2.24, 2.45) is 5.73 Å². The number of nitrogens with zero attached hydrogens (tertiary/aromatic N) is 4. The summed E-state index contributed by atoms with van der Waals surface area (Å²) in [6.45, 7) is 1.84. The molecular formula is C12H11N5. The number of pyridine rings is 1. The van der Waals surface area contributed by atoms with Gasteiger partial charge in [0.1, 0.15) is 11.8 Å². The van der Waals surface area contributed by atoms with Crippen LogP contribution in [0, 0.1) is 11.3 Å². The number of aromatic nitrogens is 3. The lowest BCUT2D eigenvalue weighted by atomic mass is 10.1. The fourth-order valence-corrected chi connectivity index (χ4v) is 1.48. The van der Waals surface area contributed by atoms with Crippen LogP contribution in [-0.2, 0) is 0 Å². The topological polar surface area (TPSA) is 88.5 Å². The summed E-state index contributed by atoms with van der Waals surface area (Å²) in [5, 5.41) is 8.70. The van der Waals surface area contributed by atoms with Crippen molar-refractivity contribution in [2.45, 2.75) is 13.0 Å². The first-order valence-corrected chi connectivity index (χ1v) is 5.15. The van der Waals surface area contributed by atoms with E-state index in [0.717, 1.165) is 0 Å². The Labute approximate surface area is 99.0 Å². The summed E-state index contributed by atoms with van der Waals surface area (Å²) >= 11 is 0. The predicted octanol–water partition coefficient (Wildman–Crippen LogP) is 1.43. The maximum atomic E-state index is 8.70. The molecule has 0 radical (unpaired) electrons. The van der Waals surface area contributed by atoms with Crippen LogP contribution >= 0.6 is 0 Å². The second kappa shape index (κ2) is 4.68. The summed E-state index contributed by atoms with van der Waals surface area (Å²) in [5.41, 5.74) is 8.37. The molecule has 0 saturated carbocycles. The average molecular weight is 225 g/mol. The Hall–Kier alpha value is -2.32. The molecule has 0 bridgehead atoms. The highest BCUT2D eigenvalue weighted by atomic mass is 14.9. The van der Waals surface area contributed by atoms with Gasteiger partial charge in [-0.3, -0.25) is 15.0 Å². The Morgan fingerprint density at radius 1 is 1.24 bits per heavy atom. The summed E-state index contributed by atoms with van der Waals surface area (Å²) in [5.74, 6) is 0. The molecule has 1 atom stereocenters. The predicted molar refractivity (Wildman–Crippen MR) is 62.6 cm³/mol. The molecule has 17 heavy (non-hydrogen) atoms. The summed E-state index contributed by atoms with van der Waals surface area (Å²) in [6, 6.07) is 5.25. The molecule has 0 aliphatic rings. The quantitative estimate of drug-likeness (QED) is 0.835. The van der Waals surface area contributed by atoms with Gasteiger partial charge in [0.05, 0.1) is 17.0 Å². The molecule has 0 aromatic carbocycles. The van der Waals surface area contributed by atoms with Gasteiger partial charge in [0.25, 0.3) is 0 Å². The van der Waals surface area contributed by atoms with Gasteiger partial charge in [-0.2, -0.15) is 5.26 Å². The molecular weight excluding hydrogens is 214 g/mol. The van der Waals surface area contributed by atoms with Gasteiger partial charge in [-0.15, -0.1) is 0 Å². The first-order valence-electron chi connectivity index (χ1n) is 5.15. The van der Waals surface area contributed by atoms with E-state index in [9.17, 15) is 0 Å². The van der Waals surface area contributed by atoms with Gasteiger partial charge in [-0.25, -0.2) is 0 Å². The molecule has 2 aromatic rings. The van der Waals surface area contributed by atoms with E-state index >= 15 is 0 Å². The molecule has 0 saturated heterocycles. The third-order valence-electron chi connectivity index (χ3n) is 2.29. The molecule has 2 N–H and O–H groups in total. The monoisotopic (exact) mass is 225 g/mol. The minimum atomic E-state index is -0.212. The average Bonchev–Trinajstić information content (AvgIpc) is 2.39. The van der Waals surface area contributed by atoms with Crippen LogP contribution in [0.1, 0.15) is 24.2 Å². The highest BCUT2D eigenvalue weighted by Gasteiger charge is 2.12. The van der Waals surface area contributed by atoms with Gasteiger partial charge in [0.15, 0.2) is 0 Å². The third kappa shape index (κ3) is 2.27. The molecule has 2 aromatic heterocycles. The van der Waals surface area contributed by atoms with E-state index < -0.39 is 0 Å². The normalized spacial score (nSPS) is 11.8. The van der Waals surface area contributed by atoms with Crippen LogP contribution in [0.25, 0.3) is 11.4 Å².